The molecule has 1 aromatic heterocycles. The minimum atomic E-state index is -0.884. The molecule has 2 rings (SSSR count). The Kier molecular flexibility index (Phi) is 3.67. The van der Waals surface area contributed by atoms with Gasteiger partial charge in [-0.3, -0.25) is 0 Å². The van der Waals surface area contributed by atoms with Crippen LogP contribution < -0.4 is 4.74 Å². The SMILES string of the molecule is Cc1ccccc1OCc1cc(C(=O)O)sc1C. The van der Waals surface area contributed by atoms with Crippen molar-refractivity contribution in [2.45, 2.75) is 20.5 Å². The molecule has 0 saturated heterocycles. The summed E-state index contributed by atoms with van der Waals surface area (Å²) in [6, 6.07) is 9.46. The van der Waals surface area contributed by atoms with Crippen LogP contribution in [0.5, 0.6) is 5.75 Å². The van der Waals surface area contributed by atoms with E-state index in [4.69, 9.17) is 9.84 Å². The maximum atomic E-state index is 10.9. The van der Waals surface area contributed by atoms with Crippen LogP contribution in [0.4, 0.5) is 0 Å². The van der Waals surface area contributed by atoms with Gasteiger partial charge in [-0.25, -0.2) is 4.79 Å². The third kappa shape index (κ3) is 2.71. The fourth-order valence-corrected chi connectivity index (χ4v) is 2.51. The monoisotopic (exact) mass is 262 g/mol. The molecule has 1 aromatic carbocycles. The maximum Gasteiger partial charge on any atom is 0.345 e. The first-order valence-corrected chi connectivity index (χ1v) is 6.40. The molecule has 1 N–H and O–H groups in total. The van der Waals surface area contributed by atoms with Gasteiger partial charge in [0.05, 0.1) is 0 Å². The Balaban J connectivity index is 2.11. The lowest BCUT2D eigenvalue weighted by atomic mass is 10.2. The van der Waals surface area contributed by atoms with Crippen molar-refractivity contribution in [3.63, 3.8) is 0 Å². The van der Waals surface area contributed by atoms with E-state index in [1.54, 1.807) is 6.07 Å². The van der Waals surface area contributed by atoms with E-state index in [2.05, 4.69) is 0 Å². The highest BCUT2D eigenvalue weighted by Crippen LogP contribution is 2.24. The van der Waals surface area contributed by atoms with Crippen molar-refractivity contribution >= 4 is 17.3 Å². The van der Waals surface area contributed by atoms with Gasteiger partial charge in [-0.1, -0.05) is 18.2 Å². The standard InChI is InChI=1S/C14H14O3S/c1-9-5-3-4-6-12(9)17-8-11-7-13(14(15)16)18-10(11)2/h3-7H,8H2,1-2H3,(H,15,16). The number of aromatic carboxylic acids is 1. The van der Waals surface area contributed by atoms with Gasteiger partial charge in [0.2, 0.25) is 0 Å². The maximum absolute atomic E-state index is 10.9. The molecule has 4 heteroatoms. The number of hydrogen-bond acceptors (Lipinski definition) is 3. The van der Waals surface area contributed by atoms with Crippen LogP contribution in [0.25, 0.3) is 0 Å². The molecule has 0 amide bonds. The minimum Gasteiger partial charge on any atom is -0.489 e. The molecule has 0 aliphatic heterocycles. The molecular formula is C14H14O3S. The molecule has 18 heavy (non-hydrogen) atoms. The third-order valence-electron chi connectivity index (χ3n) is 2.71. The molecular weight excluding hydrogens is 248 g/mol. The lowest BCUT2D eigenvalue weighted by Crippen LogP contribution is -1.97. The van der Waals surface area contributed by atoms with E-state index in [9.17, 15) is 4.79 Å². The van der Waals surface area contributed by atoms with Gasteiger partial charge in [0.15, 0.2) is 0 Å². The van der Waals surface area contributed by atoms with E-state index < -0.39 is 5.97 Å². The Morgan fingerprint density at radius 2 is 2.06 bits per heavy atom. The second-order valence-corrected chi connectivity index (χ2v) is 5.31. The largest absolute Gasteiger partial charge is 0.489 e. The van der Waals surface area contributed by atoms with Crippen LogP contribution in [0, 0.1) is 13.8 Å². The van der Waals surface area contributed by atoms with Gasteiger partial charge in [0, 0.05) is 10.4 Å². The van der Waals surface area contributed by atoms with E-state index >= 15 is 0 Å². The zero-order chi connectivity index (χ0) is 13.1. The summed E-state index contributed by atoms with van der Waals surface area (Å²) in [5, 5.41) is 8.92. The van der Waals surface area contributed by atoms with Crippen molar-refractivity contribution < 1.29 is 14.6 Å². The summed E-state index contributed by atoms with van der Waals surface area (Å²) in [4.78, 5) is 12.2. The first kappa shape index (κ1) is 12.6. The second kappa shape index (κ2) is 5.23. The quantitative estimate of drug-likeness (QED) is 0.915. The predicted octanol–water partition coefficient (Wildman–Crippen LogP) is 3.64. The highest BCUT2D eigenvalue weighted by molar-refractivity contribution is 7.14. The van der Waals surface area contributed by atoms with Crippen LogP contribution in [-0.2, 0) is 6.61 Å². The van der Waals surface area contributed by atoms with Crippen molar-refractivity contribution in [2.24, 2.45) is 0 Å². The molecule has 0 radical (unpaired) electrons. The molecule has 0 aliphatic rings. The lowest BCUT2D eigenvalue weighted by molar-refractivity contribution is 0.0702. The molecule has 0 unspecified atom stereocenters. The van der Waals surface area contributed by atoms with E-state index in [1.165, 1.54) is 11.3 Å². The van der Waals surface area contributed by atoms with Gasteiger partial charge in [-0.15, -0.1) is 11.3 Å². The fraction of sp³-hybridized carbons (Fsp3) is 0.214. The summed E-state index contributed by atoms with van der Waals surface area (Å²) in [6.45, 7) is 4.30. The van der Waals surface area contributed by atoms with Gasteiger partial charge >= 0.3 is 5.97 Å². The molecule has 0 spiro atoms. The smallest absolute Gasteiger partial charge is 0.345 e. The number of ether oxygens (including phenoxy) is 1. The molecule has 0 fully saturated rings. The average Bonchev–Trinajstić information content (AvgIpc) is 2.70. The van der Waals surface area contributed by atoms with E-state index in [0.29, 0.717) is 11.5 Å². The van der Waals surface area contributed by atoms with Gasteiger partial charge in [0.1, 0.15) is 17.2 Å². The van der Waals surface area contributed by atoms with Crippen LogP contribution in [0.15, 0.2) is 30.3 Å². The number of carboxylic acid groups (broad SMARTS) is 1. The molecule has 94 valence electrons. The van der Waals surface area contributed by atoms with Crippen molar-refractivity contribution in [3.8, 4) is 5.75 Å². The zero-order valence-electron chi connectivity index (χ0n) is 10.3. The van der Waals surface area contributed by atoms with Gasteiger partial charge in [0.25, 0.3) is 0 Å². The summed E-state index contributed by atoms with van der Waals surface area (Å²) in [6.07, 6.45) is 0. The number of para-hydroxylation sites is 1. The molecule has 2 aromatic rings. The average molecular weight is 262 g/mol. The number of aryl methyl sites for hydroxylation is 2. The Morgan fingerprint density at radius 1 is 1.33 bits per heavy atom. The fourth-order valence-electron chi connectivity index (χ4n) is 1.64. The molecule has 0 saturated carbocycles. The molecule has 0 atom stereocenters. The van der Waals surface area contributed by atoms with Crippen LogP contribution in [-0.4, -0.2) is 11.1 Å². The lowest BCUT2D eigenvalue weighted by Gasteiger charge is -2.08. The Morgan fingerprint density at radius 3 is 2.67 bits per heavy atom. The van der Waals surface area contributed by atoms with Crippen molar-refractivity contribution in [2.75, 3.05) is 0 Å². The predicted molar refractivity (Wildman–Crippen MR) is 71.5 cm³/mol. The van der Waals surface area contributed by atoms with Crippen LogP contribution in [0.2, 0.25) is 0 Å². The summed E-state index contributed by atoms with van der Waals surface area (Å²) >= 11 is 1.28. The number of rotatable bonds is 4. The highest BCUT2D eigenvalue weighted by atomic mass is 32.1. The van der Waals surface area contributed by atoms with Crippen LogP contribution in [0.3, 0.4) is 0 Å². The summed E-state index contributed by atoms with van der Waals surface area (Å²) in [7, 11) is 0. The highest BCUT2D eigenvalue weighted by Gasteiger charge is 2.11. The van der Waals surface area contributed by atoms with Crippen molar-refractivity contribution in [3.05, 3.63) is 51.2 Å². The van der Waals surface area contributed by atoms with Gasteiger partial charge in [-0.05, 0) is 31.5 Å². The third-order valence-corrected chi connectivity index (χ3v) is 3.79. The van der Waals surface area contributed by atoms with Crippen LogP contribution >= 0.6 is 11.3 Å². The molecule has 0 bridgehead atoms. The zero-order valence-corrected chi connectivity index (χ0v) is 11.1. The van der Waals surface area contributed by atoms with Crippen molar-refractivity contribution in [1.29, 1.82) is 0 Å². The topological polar surface area (TPSA) is 46.5 Å². The number of carboxylic acids is 1. The Bertz CT molecular complexity index is 572. The molecule has 1 heterocycles. The Hall–Kier alpha value is -1.81. The first-order chi connectivity index (χ1) is 8.58. The summed E-state index contributed by atoms with van der Waals surface area (Å²) in [5.74, 6) is -0.0507. The van der Waals surface area contributed by atoms with Gasteiger partial charge < -0.3 is 9.84 Å². The number of carbonyl (C=O) groups is 1. The minimum absolute atomic E-state index is 0.357. The van der Waals surface area contributed by atoms with E-state index in [0.717, 1.165) is 21.8 Å². The Labute approximate surface area is 110 Å². The summed E-state index contributed by atoms with van der Waals surface area (Å²) < 4.78 is 5.71. The second-order valence-electron chi connectivity index (χ2n) is 4.05. The van der Waals surface area contributed by atoms with Crippen molar-refractivity contribution in [1.82, 2.24) is 0 Å². The first-order valence-electron chi connectivity index (χ1n) is 5.59. The number of benzene rings is 1. The van der Waals surface area contributed by atoms with E-state index in [1.807, 2.05) is 38.1 Å². The number of hydrogen-bond donors (Lipinski definition) is 1. The van der Waals surface area contributed by atoms with E-state index in [-0.39, 0.29) is 0 Å². The van der Waals surface area contributed by atoms with Gasteiger partial charge in [-0.2, -0.15) is 0 Å². The normalized spacial score (nSPS) is 10.3. The molecule has 3 nitrogen and oxygen atoms in total. The molecule has 0 aliphatic carbocycles. The number of thiophene rings is 1. The van der Waals surface area contributed by atoms with Crippen LogP contribution in [0.1, 0.15) is 25.7 Å². The summed E-state index contributed by atoms with van der Waals surface area (Å²) in [5.41, 5.74) is 2.00.